The van der Waals surface area contributed by atoms with E-state index >= 15 is 0 Å². The van der Waals surface area contributed by atoms with Gasteiger partial charge in [0.05, 0.1) is 31.2 Å². The number of carbonyl (C=O) groups is 2. The van der Waals surface area contributed by atoms with Crippen LogP contribution in [0.4, 0.5) is 5.69 Å². The van der Waals surface area contributed by atoms with Gasteiger partial charge in [-0.3, -0.25) is 4.79 Å². The molecule has 1 amide bonds. The van der Waals surface area contributed by atoms with Crippen LogP contribution in [0.15, 0.2) is 38.8 Å². The van der Waals surface area contributed by atoms with Gasteiger partial charge in [0.1, 0.15) is 5.70 Å². The molecule has 4 aliphatic heterocycles. The standard InChI is InChI=1S/C23H29N7O4S/c1-10-17-16(11(2)31)20(32)30(17)18(21(33)34)19(10)35-14-8-29(9-14)23-27-7-13-4-3-12(5-15(13)28-23)6-26-22(24)25/h3-5,10-11,14,16-17,31H,6-9H2,1-2H3,(H,27,28)(H,33,34)(H4,24,25,26)/t10-,11-,16-,17-/m1/s1. The third-order valence-corrected chi connectivity index (χ3v) is 8.47. The molecule has 0 spiro atoms. The van der Waals surface area contributed by atoms with E-state index in [0.29, 0.717) is 26.2 Å². The Morgan fingerprint density at radius 3 is 2.77 bits per heavy atom. The van der Waals surface area contributed by atoms with E-state index in [1.54, 1.807) is 6.92 Å². The van der Waals surface area contributed by atoms with Gasteiger partial charge in [-0.2, -0.15) is 0 Å². The van der Waals surface area contributed by atoms with Crippen molar-refractivity contribution < 1.29 is 19.8 Å². The molecule has 4 atom stereocenters. The van der Waals surface area contributed by atoms with E-state index in [1.165, 1.54) is 16.7 Å². The van der Waals surface area contributed by atoms with Crippen molar-refractivity contribution in [3.8, 4) is 0 Å². The summed E-state index contributed by atoms with van der Waals surface area (Å²) in [4.78, 5) is 37.5. The number of aliphatic hydroxyl groups excluding tert-OH is 1. The highest BCUT2D eigenvalue weighted by Crippen LogP contribution is 2.52. The van der Waals surface area contributed by atoms with Crippen LogP contribution in [-0.4, -0.2) is 74.3 Å². The molecule has 5 rings (SSSR count). The monoisotopic (exact) mass is 499 g/mol. The molecule has 4 aliphatic rings. The number of nitrogens with zero attached hydrogens (tertiary/aromatic N) is 4. The Bertz CT molecular complexity index is 1170. The highest BCUT2D eigenvalue weighted by atomic mass is 32.2. The molecular formula is C23H29N7O4S. The Morgan fingerprint density at radius 1 is 1.37 bits per heavy atom. The van der Waals surface area contributed by atoms with Crippen molar-refractivity contribution in [1.82, 2.24) is 9.80 Å². The van der Waals surface area contributed by atoms with Gasteiger partial charge >= 0.3 is 5.97 Å². The average molecular weight is 500 g/mol. The molecule has 2 fully saturated rings. The maximum Gasteiger partial charge on any atom is 0.353 e. The number of carboxylic acids is 1. The van der Waals surface area contributed by atoms with E-state index in [0.717, 1.165) is 27.7 Å². The predicted octanol–water partition coefficient (Wildman–Crippen LogP) is 0.313. The molecule has 0 unspecified atom stereocenters. The van der Waals surface area contributed by atoms with Crippen molar-refractivity contribution in [1.29, 1.82) is 0 Å². The number of rotatable bonds is 6. The Labute approximate surface area is 206 Å². The van der Waals surface area contributed by atoms with Crippen molar-refractivity contribution in [2.45, 2.75) is 44.3 Å². The molecule has 2 saturated heterocycles. The minimum atomic E-state index is -1.10. The molecule has 7 N–H and O–H groups in total. The molecule has 0 bridgehead atoms. The fourth-order valence-corrected chi connectivity index (χ4v) is 6.72. The molecule has 4 heterocycles. The number of nitrogens with two attached hydrogens (primary N) is 2. The molecule has 11 nitrogen and oxygen atoms in total. The van der Waals surface area contributed by atoms with Crippen LogP contribution in [0.2, 0.25) is 0 Å². The lowest BCUT2D eigenvalue weighted by Crippen LogP contribution is -2.63. The van der Waals surface area contributed by atoms with Crippen LogP contribution in [0.3, 0.4) is 0 Å². The van der Waals surface area contributed by atoms with Gasteiger partial charge in [-0.1, -0.05) is 19.1 Å². The summed E-state index contributed by atoms with van der Waals surface area (Å²) in [6.07, 6.45) is -0.803. The van der Waals surface area contributed by atoms with Crippen LogP contribution in [0.25, 0.3) is 0 Å². The lowest BCUT2D eigenvalue weighted by molar-refractivity contribution is -0.163. The molecule has 35 heavy (non-hydrogen) atoms. The first-order valence-electron chi connectivity index (χ1n) is 11.5. The first-order valence-corrected chi connectivity index (χ1v) is 12.4. The van der Waals surface area contributed by atoms with E-state index in [-0.39, 0.29) is 34.8 Å². The Hall–Kier alpha value is -3.25. The smallest absolute Gasteiger partial charge is 0.353 e. The number of hydrogen-bond donors (Lipinski definition) is 5. The summed E-state index contributed by atoms with van der Waals surface area (Å²) in [6.45, 7) is 5.92. The lowest BCUT2D eigenvalue weighted by atomic mass is 9.79. The second kappa shape index (κ2) is 8.76. The highest BCUT2D eigenvalue weighted by molar-refractivity contribution is 8.03. The summed E-state index contributed by atoms with van der Waals surface area (Å²) in [5.74, 6) is -1.24. The zero-order chi connectivity index (χ0) is 25.0. The van der Waals surface area contributed by atoms with E-state index in [2.05, 4.69) is 20.2 Å². The van der Waals surface area contributed by atoms with Crippen molar-refractivity contribution in [2.24, 2.45) is 33.3 Å². The summed E-state index contributed by atoms with van der Waals surface area (Å²) in [5, 5.41) is 23.4. The van der Waals surface area contributed by atoms with Crippen LogP contribution in [-0.2, 0) is 22.7 Å². The third kappa shape index (κ3) is 4.00. The Morgan fingerprint density at radius 2 is 2.11 bits per heavy atom. The van der Waals surface area contributed by atoms with Gasteiger partial charge in [0.25, 0.3) is 0 Å². The van der Waals surface area contributed by atoms with Gasteiger partial charge in [-0.25, -0.2) is 14.8 Å². The number of benzene rings is 1. The number of anilines is 1. The van der Waals surface area contributed by atoms with E-state index in [9.17, 15) is 19.8 Å². The van der Waals surface area contributed by atoms with Gasteiger partial charge in [0, 0.05) is 34.8 Å². The molecule has 0 saturated carbocycles. The number of hydrogen-bond acceptors (Lipinski definition) is 8. The number of guanidine groups is 2. The van der Waals surface area contributed by atoms with E-state index in [1.807, 2.05) is 25.1 Å². The number of thioether (sulfide) groups is 1. The van der Waals surface area contributed by atoms with Gasteiger partial charge in [-0.05, 0) is 24.1 Å². The van der Waals surface area contributed by atoms with Crippen LogP contribution in [0.5, 0.6) is 0 Å². The van der Waals surface area contributed by atoms with Crippen molar-refractivity contribution >= 4 is 41.2 Å². The number of aliphatic hydroxyl groups is 1. The minimum absolute atomic E-state index is 0.0513. The fraction of sp³-hybridized carbons (Fsp3) is 0.478. The summed E-state index contributed by atoms with van der Waals surface area (Å²) in [6, 6.07) is 5.73. The second-order valence-electron chi connectivity index (χ2n) is 9.41. The molecule has 186 valence electrons. The van der Waals surface area contributed by atoms with Gasteiger partial charge in [0.15, 0.2) is 11.9 Å². The van der Waals surface area contributed by atoms with E-state index in [4.69, 9.17) is 11.5 Å². The molecule has 0 aromatic heterocycles. The normalized spacial score (nSPS) is 26.2. The first kappa shape index (κ1) is 23.5. The third-order valence-electron chi connectivity index (χ3n) is 7.02. The van der Waals surface area contributed by atoms with Crippen LogP contribution >= 0.6 is 11.8 Å². The van der Waals surface area contributed by atoms with Crippen LogP contribution < -0.4 is 16.8 Å². The maximum atomic E-state index is 12.5. The zero-order valence-corrected chi connectivity index (χ0v) is 20.3. The van der Waals surface area contributed by atoms with Gasteiger partial charge in [-0.15, -0.1) is 11.8 Å². The highest BCUT2D eigenvalue weighted by Gasteiger charge is 2.60. The molecule has 0 radical (unpaired) electrons. The summed E-state index contributed by atoms with van der Waals surface area (Å²) < 4.78 is 0. The Kier molecular flexibility index (Phi) is 5.88. The molecule has 12 heteroatoms. The number of nitrogens with one attached hydrogen (secondary N) is 1. The number of carbonyl (C=O) groups excluding carboxylic acids is 1. The van der Waals surface area contributed by atoms with Crippen LogP contribution in [0.1, 0.15) is 25.0 Å². The maximum absolute atomic E-state index is 12.5. The molecular weight excluding hydrogens is 470 g/mol. The number of carboxylic acid groups (broad SMARTS) is 1. The quantitative estimate of drug-likeness (QED) is 0.210. The lowest BCUT2D eigenvalue weighted by Gasteiger charge is -2.46. The zero-order valence-electron chi connectivity index (χ0n) is 19.5. The molecule has 1 aromatic carbocycles. The largest absolute Gasteiger partial charge is 0.477 e. The van der Waals surface area contributed by atoms with Crippen LogP contribution in [0, 0.1) is 11.8 Å². The topological polar surface area (TPSA) is 170 Å². The number of likely N-dealkylation sites (tertiary alicyclic amines) is 1. The van der Waals surface area contributed by atoms with Crippen molar-refractivity contribution in [2.75, 3.05) is 18.4 Å². The predicted molar refractivity (Wildman–Crippen MR) is 133 cm³/mol. The Balaban J connectivity index is 1.23. The molecule has 0 aliphatic carbocycles. The SMILES string of the molecule is C[C@@H](O)[C@H]1C(=O)N2C(C(=O)O)=C(SC3CN(C4=NCc5ccc(CN=C(N)N)cc5N4)C3)[C@H](C)[C@H]12. The minimum Gasteiger partial charge on any atom is -0.477 e. The summed E-state index contributed by atoms with van der Waals surface area (Å²) in [5.41, 5.74) is 14.0. The second-order valence-corrected chi connectivity index (χ2v) is 10.8. The fourth-order valence-electron chi connectivity index (χ4n) is 5.20. The average Bonchev–Trinajstić information content (AvgIpc) is 3.01. The molecule has 1 aromatic rings. The summed E-state index contributed by atoms with van der Waals surface area (Å²) in [7, 11) is 0. The van der Waals surface area contributed by atoms with Crippen molar-refractivity contribution in [3.05, 3.63) is 39.9 Å². The number of amides is 1. The number of β-lactam (4-membered cyclic amide) rings is 1. The first-order chi connectivity index (χ1) is 16.7. The van der Waals surface area contributed by atoms with Gasteiger partial charge in [0.2, 0.25) is 5.91 Å². The van der Waals surface area contributed by atoms with E-state index < -0.39 is 18.0 Å². The van der Waals surface area contributed by atoms with Gasteiger partial charge < -0.3 is 36.8 Å². The number of aliphatic imine (C=N–C) groups is 2. The van der Waals surface area contributed by atoms with Crippen molar-refractivity contribution in [3.63, 3.8) is 0 Å². The number of fused-ring (bicyclic) bond motifs is 2. The summed E-state index contributed by atoms with van der Waals surface area (Å²) >= 11 is 1.53. The number of aliphatic carboxylic acids is 1.